The Morgan fingerprint density at radius 1 is 1.10 bits per heavy atom. The fraction of sp³-hybridized carbons (Fsp3) is 1.00. The van der Waals surface area contributed by atoms with Gasteiger partial charge in [0.15, 0.2) is 5.98 Å². The van der Waals surface area contributed by atoms with Gasteiger partial charge in [-0.3, -0.25) is 0 Å². The molecule has 0 fully saturated rings. The molecule has 0 aromatic heterocycles. The van der Waals surface area contributed by atoms with E-state index in [-0.39, 0.29) is 0 Å². The maximum atomic E-state index is 5.38. The van der Waals surface area contributed by atoms with Gasteiger partial charge >= 0.3 is 0 Å². The van der Waals surface area contributed by atoms with E-state index in [0.717, 1.165) is 5.88 Å². The third kappa shape index (κ3) is 33.6. The molecule has 0 saturated carbocycles. The summed E-state index contributed by atoms with van der Waals surface area (Å²) in [6.07, 6.45) is 3.73. The Kier molecular flexibility index (Phi) is 18.7. The van der Waals surface area contributed by atoms with E-state index < -0.39 is 5.98 Å². The van der Waals surface area contributed by atoms with Gasteiger partial charge in [0.1, 0.15) is 0 Å². The Morgan fingerprint density at radius 2 is 1.50 bits per heavy atom. The molecule has 0 aromatic rings. The average molecular weight is 244 g/mol. The van der Waals surface area contributed by atoms with Gasteiger partial charge in [-0.25, -0.2) is 0 Å². The first-order valence-electron chi connectivity index (χ1n) is 2.98. The van der Waals surface area contributed by atoms with Crippen LogP contribution in [-0.4, -0.2) is 5.88 Å². The fourth-order valence-corrected chi connectivity index (χ4v) is 0.533. The van der Waals surface area contributed by atoms with E-state index in [0.29, 0.717) is 0 Å². The molecule has 0 N–H and O–H groups in total. The van der Waals surface area contributed by atoms with Crippen molar-refractivity contribution in [2.75, 3.05) is 5.88 Å². The third-order valence-corrected chi connectivity index (χ3v) is 1.00. The Hall–Kier alpha value is 1.59. The molecule has 0 nitrogen and oxygen atoms in total. The summed E-state index contributed by atoms with van der Waals surface area (Å²) in [7, 11) is 0. The van der Waals surface area contributed by atoms with Gasteiger partial charge < -0.3 is 0 Å². The highest BCUT2D eigenvalue weighted by molar-refractivity contribution is 8.20. The molecular weight excluding hydrogens is 233 g/mol. The molecule has 5 heteroatoms. The van der Waals surface area contributed by atoms with E-state index in [1.54, 1.807) is 0 Å². The van der Waals surface area contributed by atoms with Crippen LogP contribution in [0.2, 0.25) is 0 Å². The molecular formula is C5H11Cl4P. The van der Waals surface area contributed by atoms with Gasteiger partial charge in [0.05, 0.1) is 0 Å². The summed E-state index contributed by atoms with van der Waals surface area (Å²) < 4.78 is 0. The summed E-state index contributed by atoms with van der Waals surface area (Å²) in [6, 6.07) is 0. The van der Waals surface area contributed by atoms with Crippen molar-refractivity contribution >= 4 is 51.3 Å². The highest BCUT2D eigenvalue weighted by atomic mass is 36.0. The number of alkyl halides is 1. The predicted molar refractivity (Wildman–Crippen MR) is 54.7 cm³/mol. The van der Waals surface area contributed by atoms with Gasteiger partial charge in [-0.2, -0.15) is 0 Å². The summed E-state index contributed by atoms with van der Waals surface area (Å²) >= 11 is 20.0. The Morgan fingerprint density at radius 3 is 1.60 bits per heavy atom. The van der Waals surface area contributed by atoms with Gasteiger partial charge in [-0.15, -0.1) is 11.6 Å². The van der Waals surface area contributed by atoms with Crippen molar-refractivity contribution in [2.24, 2.45) is 0 Å². The maximum absolute atomic E-state index is 5.38. The zero-order valence-electron chi connectivity index (χ0n) is 5.79. The second-order valence-electron chi connectivity index (χ2n) is 1.59. The molecule has 0 aliphatic carbocycles. The summed E-state index contributed by atoms with van der Waals surface area (Å²) in [6.45, 7) is 2.17. The van der Waals surface area contributed by atoms with E-state index in [2.05, 4.69) is 6.92 Å². The first-order valence-corrected chi connectivity index (χ1v) is 7.57. The van der Waals surface area contributed by atoms with Crippen LogP contribution >= 0.6 is 51.3 Å². The van der Waals surface area contributed by atoms with Crippen LogP contribution in [0.1, 0.15) is 26.2 Å². The van der Waals surface area contributed by atoms with Crippen LogP contribution in [-0.2, 0) is 0 Å². The van der Waals surface area contributed by atoms with Gasteiger partial charge in [0.25, 0.3) is 0 Å². The molecule has 0 heterocycles. The van der Waals surface area contributed by atoms with Crippen LogP contribution in [0.25, 0.3) is 0 Å². The highest BCUT2D eigenvalue weighted by Gasteiger charge is 1.80. The normalized spacial score (nSPS) is 9.00. The maximum Gasteiger partial charge on any atom is 0.179 e. The van der Waals surface area contributed by atoms with Crippen LogP contribution in [0, 0.1) is 0 Å². The van der Waals surface area contributed by atoms with Crippen LogP contribution in [0.5, 0.6) is 0 Å². The molecule has 64 valence electrons. The molecule has 0 saturated heterocycles. The van der Waals surface area contributed by atoms with Gasteiger partial charge in [-0.05, 0) is 6.42 Å². The molecule has 0 rings (SSSR count). The van der Waals surface area contributed by atoms with Crippen molar-refractivity contribution in [3.05, 3.63) is 0 Å². The second kappa shape index (κ2) is 13.2. The molecule has 0 amide bonds. The first kappa shape index (κ1) is 14.1. The van der Waals surface area contributed by atoms with Crippen LogP contribution < -0.4 is 0 Å². The van der Waals surface area contributed by atoms with Gasteiger partial charge in [-0.1, -0.05) is 53.5 Å². The zero-order chi connectivity index (χ0) is 8.41. The lowest BCUT2D eigenvalue weighted by Gasteiger charge is -1.84. The lowest BCUT2D eigenvalue weighted by molar-refractivity contribution is 0.776. The van der Waals surface area contributed by atoms with Crippen LogP contribution in [0.3, 0.4) is 0 Å². The Labute approximate surface area is 83.3 Å². The lowest BCUT2D eigenvalue weighted by Crippen LogP contribution is -1.70. The minimum atomic E-state index is -1.20. The van der Waals surface area contributed by atoms with E-state index >= 15 is 0 Å². The smallest absolute Gasteiger partial charge is 0.127 e. The second-order valence-corrected chi connectivity index (χ2v) is 6.95. The summed E-state index contributed by atoms with van der Waals surface area (Å²) in [4.78, 5) is 0. The van der Waals surface area contributed by atoms with E-state index in [1.165, 1.54) is 19.3 Å². The van der Waals surface area contributed by atoms with Crippen LogP contribution in [0.4, 0.5) is 0 Å². The monoisotopic (exact) mass is 242 g/mol. The standard InChI is InChI=1S/C5H11Cl.Cl3P/c1-2-3-4-5-6;1-4(2)3/h2-5H2,1H3;. The lowest BCUT2D eigenvalue weighted by atomic mass is 10.3. The highest BCUT2D eigenvalue weighted by Crippen LogP contribution is 2.51. The molecule has 0 atom stereocenters. The molecule has 0 aliphatic heterocycles. The predicted octanol–water partition coefficient (Wildman–Crippen LogP) is 5.35. The minimum absolute atomic E-state index is 0.827. The number of halogens is 4. The molecule has 0 spiro atoms. The molecule has 0 bridgehead atoms. The third-order valence-electron chi connectivity index (χ3n) is 0.737. The SMILES string of the molecule is CCCCCCl.ClP(Cl)Cl. The van der Waals surface area contributed by atoms with E-state index in [1.807, 2.05) is 0 Å². The van der Waals surface area contributed by atoms with Crippen molar-refractivity contribution < 1.29 is 0 Å². The summed E-state index contributed by atoms with van der Waals surface area (Å²) in [5.74, 6) is -0.376. The topological polar surface area (TPSA) is 0 Å². The van der Waals surface area contributed by atoms with E-state index in [4.69, 9.17) is 45.3 Å². The first-order chi connectivity index (χ1) is 4.65. The van der Waals surface area contributed by atoms with Crippen molar-refractivity contribution in [3.63, 3.8) is 0 Å². The number of hydrogen-bond donors (Lipinski definition) is 0. The summed E-state index contributed by atoms with van der Waals surface area (Å²) in [5, 5.41) is 0. The number of hydrogen-bond acceptors (Lipinski definition) is 0. The van der Waals surface area contributed by atoms with Crippen molar-refractivity contribution in [1.29, 1.82) is 0 Å². The van der Waals surface area contributed by atoms with Crippen LogP contribution in [0.15, 0.2) is 0 Å². The van der Waals surface area contributed by atoms with E-state index in [9.17, 15) is 0 Å². The molecule has 0 aliphatic rings. The summed E-state index contributed by atoms with van der Waals surface area (Å²) in [5.41, 5.74) is 0. The largest absolute Gasteiger partial charge is 0.179 e. The Bertz CT molecular complexity index is 44.2. The molecule has 0 aromatic carbocycles. The van der Waals surface area contributed by atoms with Crippen molar-refractivity contribution in [1.82, 2.24) is 0 Å². The molecule has 0 radical (unpaired) electrons. The number of rotatable bonds is 3. The van der Waals surface area contributed by atoms with Crippen molar-refractivity contribution in [2.45, 2.75) is 26.2 Å². The minimum Gasteiger partial charge on any atom is -0.127 e. The number of unbranched alkanes of at least 4 members (excludes halogenated alkanes) is 2. The van der Waals surface area contributed by atoms with Gasteiger partial charge in [0.2, 0.25) is 0 Å². The Balaban J connectivity index is 0. The zero-order valence-corrected chi connectivity index (χ0v) is 9.71. The molecule has 10 heavy (non-hydrogen) atoms. The van der Waals surface area contributed by atoms with Gasteiger partial charge in [0, 0.05) is 5.88 Å². The fourth-order valence-electron chi connectivity index (χ4n) is 0.344. The van der Waals surface area contributed by atoms with Crippen molar-refractivity contribution in [3.8, 4) is 0 Å². The molecule has 0 unspecified atom stereocenters. The quantitative estimate of drug-likeness (QED) is 0.356. The average Bonchev–Trinajstić information content (AvgIpc) is 1.82.